The van der Waals surface area contributed by atoms with E-state index in [9.17, 15) is 0 Å². The molecule has 0 aliphatic carbocycles. The molecule has 22 heavy (non-hydrogen) atoms. The molecule has 0 unspecified atom stereocenters. The molecule has 2 nitrogen and oxygen atoms in total. The van der Waals surface area contributed by atoms with Crippen LogP contribution in [0.2, 0.25) is 0 Å². The van der Waals surface area contributed by atoms with Crippen molar-refractivity contribution in [3.05, 3.63) is 71.3 Å². The second kappa shape index (κ2) is 7.57. The lowest BCUT2D eigenvalue weighted by Gasteiger charge is -2.29. The van der Waals surface area contributed by atoms with Crippen LogP contribution in [0.5, 0.6) is 0 Å². The molecule has 0 aromatic heterocycles. The summed E-state index contributed by atoms with van der Waals surface area (Å²) in [5.41, 5.74) is 3.76. The maximum atomic E-state index is 6.32. The van der Waals surface area contributed by atoms with Crippen LogP contribution in [0.1, 0.15) is 29.7 Å². The molecule has 118 valence electrons. The average molecular weight is 298 g/mol. The highest BCUT2D eigenvalue weighted by molar-refractivity contribution is 5.35. The quantitative estimate of drug-likeness (QED) is 0.696. The van der Waals surface area contributed by atoms with Crippen LogP contribution in [0.15, 0.2) is 54.6 Å². The van der Waals surface area contributed by atoms with E-state index in [0.717, 1.165) is 24.2 Å². The fourth-order valence-corrected chi connectivity index (χ4v) is 2.45. The lowest BCUT2D eigenvalue weighted by molar-refractivity contribution is -0.889. The van der Waals surface area contributed by atoms with Gasteiger partial charge in [-0.15, -0.1) is 0 Å². The van der Waals surface area contributed by atoms with E-state index in [2.05, 4.69) is 82.5 Å². The smallest absolute Gasteiger partial charge is 0.108 e. The number of likely N-dealkylation sites (N-methyl/N-ethyl adjacent to an activating group) is 1. The fourth-order valence-electron chi connectivity index (χ4n) is 2.45. The van der Waals surface area contributed by atoms with Crippen LogP contribution in [0.3, 0.4) is 0 Å². The minimum absolute atomic E-state index is 0.0132. The van der Waals surface area contributed by atoms with Crippen LogP contribution in [0.4, 0.5) is 0 Å². The molecule has 0 N–H and O–H groups in total. The molecule has 2 rings (SSSR count). The Hall–Kier alpha value is -1.64. The Bertz CT molecular complexity index is 577. The second-order valence-corrected chi connectivity index (χ2v) is 6.49. The first-order valence-electron chi connectivity index (χ1n) is 8.07. The van der Waals surface area contributed by atoms with Gasteiger partial charge in [0.2, 0.25) is 0 Å². The Labute approximate surface area is 134 Å². The molecular formula is C20H28NO+. The third kappa shape index (κ3) is 4.43. The summed E-state index contributed by atoms with van der Waals surface area (Å²) in [5, 5.41) is 0. The first-order chi connectivity index (χ1) is 10.5. The zero-order chi connectivity index (χ0) is 16.0. The van der Waals surface area contributed by atoms with Gasteiger partial charge in [0.1, 0.15) is 12.6 Å². The normalized spacial score (nSPS) is 13.1. The van der Waals surface area contributed by atoms with Crippen LogP contribution in [0.25, 0.3) is 0 Å². The Balaban J connectivity index is 2.19. The topological polar surface area (TPSA) is 9.23 Å². The summed E-state index contributed by atoms with van der Waals surface area (Å²) in [6.45, 7) is 7.26. The summed E-state index contributed by atoms with van der Waals surface area (Å²) in [6, 6.07) is 19.0. The lowest BCUT2D eigenvalue weighted by atomic mass is 9.97. The van der Waals surface area contributed by atoms with Gasteiger partial charge >= 0.3 is 0 Å². The second-order valence-electron chi connectivity index (χ2n) is 6.49. The number of rotatable bonds is 7. The standard InChI is InChI=1S/C20H28NO/c1-5-21(3,4)15-16-22-20(18-12-7-6-8-13-18)19-14-10-9-11-17(19)2/h6-14,20H,5,15-16H2,1-4H3/q+1/t20-/m0/s1. The van der Waals surface area contributed by atoms with Crippen LogP contribution in [0, 0.1) is 6.92 Å². The number of hydrogen-bond donors (Lipinski definition) is 0. The van der Waals surface area contributed by atoms with E-state index in [1.165, 1.54) is 16.7 Å². The third-order valence-corrected chi connectivity index (χ3v) is 4.41. The molecule has 2 aromatic rings. The van der Waals surface area contributed by atoms with E-state index in [0.29, 0.717) is 0 Å². The van der Waals surface area contributed by atoms with E-state index in [-0.39, 0.29) is 6.10 Å². The molecule has 0 fully saturated rings. The minimum atomic E-state index is 0.0132. The highest BCUT2D eigenvalue weighted by atomic mass is 16.5. The Morgan fingerprint density at radius 3 is 2.23 bits per heavy atom. The lowest BCUT2D eigenvalue weighted by Crippen LogP contribution is -2.42. The van der Waals surface area contributed by atoms with Crippen molar-refractivity contribution in [3.8, 4) is 0 Å². The van der Waals surface area contributed by atoms with Gasteiger partial charge in [-0.25, -0.2) is 0 Å². The van der Waals surface area contributed by atoms with Crippen molar-refractivity contribution < 1.29 is 9.22 Å². The molecule has 0 spiro atoms. The van der Waals surface area contributed by atoms with Crippen LogP contribution >= 0.6 is 0 Å². The van der Waals surface area contributed by atoms with E-state index >= 15 is 0 Å². The summed E-state index contributed by atoms with van der Waals surface area (Å²) in [6.07, 6.45) is 0.0132. The summed E-state index contributed by atoms with van der Waals surface area (Å²) in [4.78, 5) is 0. The fraction of sp³-hybridized carbons (Fsp3) is 0.400. The molecule has 0 saturated heterocycles. The van der Waals surface area contributed by atoms with E-state index in [1.54, 1.807) is 0 Å². The molecule has 1 atom stereocenters. The van der Waals surface area contributed by atoms with E-state index in [4.69, 9.17) is 4.74 Å². The predicted molar refractivity (Wildman–Crippen MR) is 92.9 cm³/mol. The number of hydrogen-bond acceptors (Lipinski definition) is 1. The Kier molecular flexibility index (Phi) is 5.76. The first kappa shape index (κ1) is 16.7. The van der Waals surface area contributed by atoms with Gasteiger partial charge in [-0.05, 0) is 30.5 Å². The maximum Gasteiger partial charge on any atom is 0.108 e. The molecule has 0 bridgehead atoms. The van der Waals surface area contributed by atoms with Crippen LogP contribution in [-0.2, 0) is 4.74 Å². The van der Waals surface area contributed by atoms with Crippen molar-refractivity contribution in [2.24, 2.45) is 0 Å². The van der Waals surface area contributed by atoms with Crippen molar-refractivity contribution in [3.63, 3.8) is 0 Å². The number of aryl methyl sites for hydroxylation is 1. The number of quaternary nitrogens is 1. The molecule has 2 heteroatoms. The molecule has 0 aliphatic rings. The summed E-state index contributed by atoms with van der Waals surface area (Å²) < 4.78 is 7.30. The Morgan fingerprint density at radius 2 is 1.59 bits per heavy atom. The summed E-state index contributed by atoms with van der Waals surface area (Å²) in [5.74, 6) is 0. The molecule has 0 heterocycles. The number of ether oxygens (including phenoxy) is 1. The molecule has 0 aliphatic heterocycles. The van der Waals surface area contributed by atoms with E-state index in [1.807, 2.05) is 0 Å². The average Bonchev–Trinajstić information content (AvgIpc) is 2.53. The van der Waals surface area contributed by atoms with Gasteiger partial charge in [0.25, 0.3) is 0 Å². The summed E-state index contributed by atoms with van der Waals surface area (Å²) >= 11 is 0. The molecule has 0 amide bonds. The Morgan fingerprint density at radius 1 is 0.955 bits per heavy atom. The van der Waals surface area contributed by atoms with Crippen LogP contribution < -0.4 is 0 Å². The zero-order valence-corrected chi connectivity index (χ0v) is 14.3. The van der Waals surface area contributed by atoms with Crippen molar-refractivity contribution in [2.75, 3.05) is 33.8 Å². The molecular weight excluding hydrogens is 270 g/mol. The van der Waals surface area contributed by atoms with Crippen molar-refractivity contribution in [1.29, 1.82) is 0 Å². The monoisotopic (exact) mass is 298 g/mol. The zero-order valence-electron chi connectivity index (χ0n) is 14.3. The van der Waals surface area contributed by atoms with Gasteiger partial charge in [0.05, 0.1) is 27.2 Å². The van der Waals surface area contributed by atoms with Crippen molar-refractivity contribution in [2.45, 2.75) is 20.0 Å². The van der Waals surface area contributed by atoms with Gasteiger partial charge in [-0.1, -0.05) is 54.6 Å². The third-order valence-electron chi connectivity index (χ3n) is 4.41. The highest BCUT2D eigenvalue weighted by Crippen LogP contribution is 2.28. The van der Waals surface area contributed by atoms with Gasteiger partial charge in [0.15, 0.2) is 0 Å². The minimum Gasteiger partial charge on any atom is -0.363 e. The van der Waals surface area contributed by atoms with Gasteiger partial charge in [-0.2, -0.15) is 0 Å². The molecule has 2 aromatic carbocycles. The molecule has 0 radical (unpaired) electrons. The number of nitrogens with zero attached hydrogens (tertiary/aromatic N) is 1. The van der Waals surface area contributed by atoms with Gasteiger partial charge in [-0.3, -0.25) is 0 Å². The summed E-state index contributed by atoms with van der Waals surface area (Å²) in [7, 11) is 4.49. The molecule has 0 saturated carbocycles. The van der Waals surface area contributed by atoms with Crippen LogP contribution in [-0.4, -0.2) is 38.3 Å². The highest BCUT2D eigenvalue weighted by Gasteiger charge is 2.18. The van der Waals surface area contributed by atoms with E-state index < -0.39 is 0 Å². The number of benzene rings is 2. The van der Waals surface area contributed by atoms with Crippen molar-refractivity contribution >= 4 is 0 Å². The maximum absolute atomic E-state index is 6.32. The van der Waals surface area contributed by atoms with Crippen molar-refractivity contribution in [1.82, 2.24) is 0 Å². The SMILES string of the molecule is CC[N+](C)(C)CCO[C@@H](c1ccccc1)c1ccccc1C. The van der Waals surface area contributed by atoms with Gasteiger partial charge in [0, 0.05) is 0 Å². The predicted octanol–water partition coefficient (Wildman–Crippen LogP) is 4.20. The first-order valence-corrected chi connectivity index (χ1v) is 8.07. The van der Waals surface area contributed by atoms with Gasteiger partial charge < -0.3 is 9.22 Å². The largest absolute Gasteiger partial charge is 0.363 e.